The van der Waals surface area contributed by atoms with Crippen molar-refractivity contribution in [1.29, 1.82) is 0 Å². The van der Waals surface area contributed by atoms with E-state index in [1.807, 2.05) is 13.8 Å². The predicted molar refractivity (Wildman–Crippen MR) is 189 cm³/mol. The number of likely N-dealkylation sites (N-methyl/N-ethyl adjacent to an activating group) is 1. The minimum Gasteiger partial charge on any atom is -0.497 e. The highest BCUT2D eigenvalue weighted by atomic mass is 32.2. The summed E-state index contributed by atoms with van der Waals surface area (Å²) in [5, 5.41) is 15.8. The molecule has 3 aromatic rings. The van der Waals surface area contributed by atoms with E-state index in [1.54, 1.807) is 91.7 Å². The molecule has 1 aliphatic rings. The van der Waals surface area contributed by atoms with Gasteiger partial charge in [0.25, 0.3) is 5.91 Å². The van der Waals surface area contributed by atoms with Crippen molar-refractivity contribution >= 4 is 33.3 Å². The summed E-state index contributed by atoms with van der Waals surface area (Å²) in [4.78, 5) is 29.0. The van der Waals surface area contributed by atoms with Gasteiger partial charge in [0.2, 0.25) is 10.0 Å². The third-order valence-electron chi connectivity index (χ3n) is 8.55. The van der Waals surface area contributed by atoms with Crippen LogP contribution >= 0.6 is 0 Å². The summed E-state index contributed by atoms with van der Waals surface area (Å²) in [6.07, 6.45) is 1.45. The first-order valence-corrected chi connectivity index (χ1v) is 17.9. The molecule has 0 unspecified atom stereocenters. The number of benzene rings is 3. The number of nitrogens with one attached hydrogen (secondary N) is 2. The topological polar surface area (TPSA) is 147 Å². The van der Waals surface area contributed by atoms with Crippen molar-refractivity contribution in [2.45, 2.75) is 63.2 Å². The number of carbonyl (C=O) groups is 2. The molecule has 0 fully saturated rings. The number of urea groups is 1. The smallest absolute Gasteiger partial charge is 0.323 e. The van der Waals surface area contributed by atoms with E-state index in [-0.39, 0.29) is 42.2 Å². The van der Waals surface area contributed by atoms with Crippen LogP contribution in [0.4, 0.5) is 16.2 Å². The lowest BCUT2D eigenvalue weighted by molar-refractivity contribution is -0.00833. The number of anilines is 2. The zero-order valence-corrected chi connectivity index (χ0v) is 29.6. The zero-order chi connectivity index (χ0) is 35.6. The Labute approximate surface area is 289 Å². The van der Waals surface area contributed by atoms with E-state index in [0.717, 1.165) is 12.8 Å². The third-order valence-corrected chi connectivity index (χ3v) is 10.4. The Morgan fingerprint density at radius 3 is 2.39 bits per heavy atom. The fourth-order valence-electron chi connectivity index (χ4n) is 5.55. The van der Waals surface area contributed by atoms with Crippen molar-refractivity contribution in [2.75, 3.05) is 51.1 Å². The molecule has 1 heterocycles. The number of aliphatic hydroxyl groups is 1. The lowest BCUT2D eigenvalue weighted by Gasteiger charge is -2.35. The summed E-state index contributed by atoms with van der Waals surface area (Å²) in [5.74, 6) is 0.285. The number of hydrogen-bond donors (Lipinski definition) is 3. The largest absolute Gasteiger partial charge is 0.497 e. The molecule has 4 atom stereocenters. The molecule has 3 N–H and O–H groups in total. The average molecular weight is 697 g/mol. The summed E-state index contributed by atoms with van der Waals surface area (Å²) >= 11 is 0. The van der Waals surface area contributed by atoms with Crippen LogP contribution in [0, 0.1) is 5.92 Å². The number of methoxy groups -OCH3 is 1. The van der Waals surface area contributed by atoms with Gasteiger partial charge in [-0.25, -0.2) is 13.2 Å². The maximum Gasteiger partial charge on any atom is 0.323 e. The zero-order valence-electron chi connectivity index (χ0n) is 28.8. The van der Waals surface area contributed by atoms with Gasteiger partial charge in [0.15, 0.2) is 0 Å². The SMILES string of the molecule is COc1ccc(NC(=O)Nc2ccc3c(c2)C(=O)N([C@H](C)CO)C[C@@H](C)[C@@H](CN(C)S(=O)(=O)c2ccccc2)OCCCC[C@H](C)O3)cc1. The van der Waals surface area contributed by atoms with Crippen molar-refractivity contribution < 1.29 is 37.3 Å². The molecule has 3 aromatic carbocycles. The number of sulfonamides is 1. The van der Waals surface area contributed by atoms with Crippen LogP contribution in [0.15, 0.2) is 77.7 Å². The Morgan fingerprint density at radius 1 is 1.04 bits per heavy atom. The standard InChI is InChI=1S/C36H48N4O8S/c1-25-22-40(26(2)24-41)35(42)32-21-29(38-36(43)37-28-14-17-30(46-5)18-15-28)16-19-33(32)48-27(3)11-9-10-20-47-34(25)23-39(4)49(44,45)31-12-7-6-8-13-31/h6-8,12-19,21,25-27,34,41H,9-11,20,22-24H2,1-5H3,(H2,37,38,43)/t25-,26-,27+,34-/m1/s1. The first-order chi connectivity index (χ1) is 23.4. The van der Waals surface area contributed by atoms with E-state index >= 15 is 0 Å². The maximum absolute atomic E-state index is 14.4. The van der Waals surface area contributed by atoms with Gasteiger partial charge < -0.3 is 34.9 Å². The first-order valence-electron chi connectivity index (χ1n) is 16.5. The van der Waals surface area contributed by atoms with Gasteiger partial charge in [0.05, 0.1) is 42.4 Å². The van der Waals surface area contributed by atoms with Gasteiger partial charge in [-0.1, -0.05) is 25.1 Å². The first kappa shape index (κ1) is 37.6. The molecule has 0 aromatic heterocycles. The summed E-state index contributed by atoms with van der Waals surface area (Å²) in [6.45, 7) is 5.91. The normalized spacial score (nSPS) is 20.0. The Morgan fingerprint density at radius 2 is 1.71 bits per heavy atom. The van der Waals surface area contributed by atoms with Gasteiger partial charge in [-0.2, -0.15) is 4.31 Å². The Kier molecular flexibility index (Phi) is 13.4. The van der Waals surface area contributed by atoms with E-state index < -0.39 is 34.1 Å². The lowest BCUT2D eigenvalue weighted by atomic mass is 10.0. The molecule has 0 radical (unpaired) electrons. The molecule has 0 saturated carbocycles. The van der Waals surface area contributed by atoms with Crippen molar-refractivity contribution in [3.8, 4) is 11.5 Å². The highest BCUT2D eigenvalue weighted by Crippen LogP contribution is 2.29. The second-order valence-corrected chi connectivity index (χ2v) is 14.5. The lowest BCUT2D eigenvalue weighted by Crippen LogP contribution is -2.48. The number of ether oxygens (including phenoxy) is 3. The molecule has 0 aliphatic carbocycles. The summed E-state index contributed by atoms with van der Waals surface area (Å²) in [7, 11) is -0.697. The van der Waals surface area contributed by atoms with Crippen LogP contribution < -0.4 is 20.1 Å². The van der Waals surface area contributed by atoms with E-state index in [1.165, 1.54) is 11.4 Å². The van der Waals surface area contributed by atoms with Crippen molar-refractivity contribution in [1.82, 2.24) is 9.21 Å². The molecule has 49 heavy (non-hydrogen) atoms. The molecule has 13 heteroatoms. The minimum atomic E-state index is -3.78. The van der Waals surface area contributed by atoms with Gasteiger partial charge in [0, 0.05) is 44.0 Å². The number of fused-ring (bicyclic) bond motifs is 1. The summed E-state index contributed by atoms with van der Waals surface area (Å²) in [5.41, 5.74) is 1.15. The van der Waals surface area contributed by atoms with E-state index in [2.05, 4.69) is 10.6 Å². The highest BCUT2D eigenvalue weighted by Gasteiger charge is 2.32. The Balaban J connectivity index is 1.61. The molecule has 3 amide bonds. The van der Waals surface area contributed by atoms with Crippen molar-refractivity contribution in [3.05, 3.63) is 78.4 Å². The van der Waals surface area contributed by atoms with E-state index in [9.17, 15) is 23.1 Å². The molecular weight excluding hydrogens is 648 g/mol. The minimum absolute atomic E-state index is 0.0708. The Hall–Kier alpha value is -4.17. The second kappa shape index (κ2) is 17.5. The number of nitrogens with zero attached hydrogens (tertiary/aromatic N) is 2. The van der Waals surface area contributed by atoms with Crippen LogP contribution in [-0.4, -0.2) is 93.4 Å². The molecule has 12 nitrogen and oxygen atoms in total. The van der Waals surface area contributed by atoms with Gasteiger partial charge >= 0.3 is 6.03 Å². The van der Waals surface area contributed by atoms with Crippen LogP contribution in [0.5, 0.6) is 11.5 Å². The molecule has 0 saturated heterocycles. The van der Waals surface area contributed by atoms with Gasteiger partial charge in [-0.05, 0) is 87.7 Å². The van der Waals surface area contributed by atoms with Crippen LogP contribution in [0.2, 0.25) is 0 Å². The van der Waals surface area contributed by atoms with Gasteiger partial charge in [-0.15, -0.1) is 0 Å². The molecule has 266 valence electrons. The summed E-state index contributed by atoms with van der Waals surface area (Å²) < 4.78 is 45.8. The van der Waals surface area contributed by atoms with Gasteiger partial charge in [0.1, 0.15) is 11.5 Å². The summed E-state index contributed by atoms with van der Waals surface area (Å²) in [6, 6.07) is 18.9. The molecular formula is C36H48N4O8S. The number of hydrogen-bond acceptors (Lipinski definition) is 8. The van der Waals surface area contributed by atoms with Crippen molar-refractivity contribution in [2.24, 2.45) is 5.92 Å². The number of aliphatic hydroxyl groups excluding tert-OH is 1. The average Bonchev–Trinajstić information content (AvgIpc) is 3.10. The van der Waals surface area contributed by atoms with Crippen molar-refractivity contribution in [3.63, 3.8) is 0 Å². The Bertz CT molecular complexity index is 1640. The molecule has 4 rings (SSSR count). The van der Waals surface area contributed by atoms with Crippen LogP contribution in [0.25, 0.3) is 0 Å². The van der Waals surface area contributed by atoms with Crippen LogP contribution in [0.1, 0.15) is 50.4 Å². The van der Waals surface area contributed by atoms with Crippen LogP contribution in [0.3, 0.4) is 0 Å². The fourth-order valence-corrected chi connectivity index (χ4v) is 6.76. The number of carbonyl (C=O) groups excluding carboxylic acids is 2. The van der Waals surface area contributed by atoms with E-state index in [0.29, 0.717) is 35.9 Å². The molecule has 1 aliphatic heterocycles. The van der Waals surface area contributed by atoms with E-state index in [4.69, 9.17) is 14.2 Å². The van der Waals surface area contributed by atoms with Gasteiger partial charge in [-0.3, -0.25) is 4.79 Å². The monoisotopic (exact) mass is 696 g/mol. The third kappa shape index (κ3) is 10.2. The van der Waals surface area contributed by atoms with Crippen LogP contribution in [-0.2, 0) is 14.8 Å². The fraction of sp³-hybridized carbons (Fsp3) is 0.444. The predicted octanol–water partition coefficient (Wildman–Crippen LogP) is 5.46. The number of rotatable bonds is 9. The maximum atomic E-state index is 14.4. The quantitative estimate of drug-likeness (QED) is 0.268. The highest BCUT2D eigenvalue weighted by molar-refractivity contribution is 7.89. The number of amides is 3. The second-order valence-electron chi connectivity index (χ2n) is 12.4. The molecule has 0 bridgehead atoms. The molecule has 0 spiro atoms.